The predicted octanol–water partition coefficient (Wildman–Crippen LogP) is 1.87. The van der Waals surface area contributed by atoms with Crippen LogP contribution in [0.2, 0.25) is 0 Å². The molecule has 0 N–H and O–H groups in total. The van der Waals surface area contributed by atoms with Crippen molar-refractivity contribution >= 4 is 26.7 Å². The quantitative estimate of drug-likeness (QED) is 0.759. The number of amidine groups is 1. The molecule has 1 fully saturated rings. The Hall–Kier alpha value is -2.26. The third-order valence-electron chi connectivity index (χ3n) is 4.82. The van der Waals surface area contributed by atoms with E-state index in [0.29, 0.717) is 56.2 Å². The fraction of sp³-hybridized carbons (Fsp3) is 0.474. The topological polar surface area (TPSA) is 79.3 Å². The second kappa shape index (κ2) is 8.40. The minimum Gasteiger partial charge on any atom is -0.372 e. The Morgan fingerprint density at radius 2 is 1.89 bits per heavy atom. The highest BCUT2D eigenvalue weighted by atomic mass is 32.2. The standard InChI is InChI=1S/C19H24FN3O4S/c1-3-27-13-17(24)22-9-4-10-23(12-11-22)19-14(2)18(28(25,26)21-19)15-5-7-16(20)8-6-15/h5-8H,3-4,9-13H2,1-2H3. The van der Waals surface area contributed by atoms with Crippen molar-refractivity contribution in [3.63, 3.8) is 0 Å². The van der Waals surface area contributed by atoms with E-state index in [9.17, 15) is 17.6 Å². The Balaban J connectivity index is 1.80. The summed E-state index contributed by atoms with van der Waals surface area (Å²) in [6.07, 6.45) is 0.704. The van der Waals surface area contributed by atoms with E-state index in [0.717, 1.165) is 0 Å². The largest absolute Gasteiger partial charge is 0.372 e. The maximum atomic E-state index is 13.2. The zero-order valence-electron chi connectivity index (χ0n) is 16.0. The lowest BCUT2D eigenvalue weighted by atomic mass is 10.1. The fourth-order valence-electron chi connectivity index (χ4n) is 3.44. The van der Waals surface area contributed by atoms with E-state index in [1.165, 1.54) is 24.3 Å². The molecular formula is C19H24FN3O4S. The molecule has 9 heteroatoms. The van der Waals surface area contributed by atoms with Gasteiger partial charge in [-0.15, -0.1) is 4.40 Å². The van der Waals surface area contributed by atoms with Gasteiger partial charge in [0.05, 0.1) is 0 Å². The monoisotopic (exact) mass is 409 g/mol. The molecule has 2 aliphatic heterocycles. The van der Waals surface area contributed by atoms with Gasteiger partial charge in [-0.1, -0.05) is 12.1 Å². The first-order valence-corrected chi connectivity index (χ1v) is 10.7. The Bertz CT molecular complexity index is 910. The molecule has 7 nitrogen and oxygen atoms in total. The van der Waals surface area contributed by atoms with Crippen LogP contribution in [0.5, 0.6) is 0 Å². The van der Waals surface area contributed by atoms with Gasteiger partial charge in [0.2, 0.25) is 5.91 Å². The minimum atomic E-state index is -3.85. The number of hydrogen-bond acceptors (Lipinski definition) is 5. The molecule has 1 aromatic carbocycles. The summed E-state index contributed by atoms with van der Waals surface area (Å²) in [7, 11) is -3.85. The molecule has 0 saturated carbocycles. The maximum absolute atomic E-state index is 13.2. The lowest BCUT2D eigenvalue weighted by Gasteiger charge is -2.23. The highest BCUT2D eigenvalue weighted by Gasteiger charge is 2.34. The first kappa shape index (κ1) is 20.5. The second-order valence-corrected chi connectivity index (χ2v) is 8.25. The number of hydrogen-bond donors (Lipinski definition) is 0. The van der Waals surface area contributed by atoms with Crippen molar-refractivity contribution in [1.29, 1.82) is 0 Å². The van der Waals surface area contributed by atoms with Crippen molar-refractivity contribution in [1.82, 2.24) is 9.80 Å². The van der Waals surface area contributed by atoms with E-state index in [1.54, 1.807) is 11.8 Å². The molecule has 2 heterocycles. The maximum Gasteiger partial charge on any atom is 0.285 e. The summed E-state index contributed by atoms with van der Waals surface area (Å²) in [5.41, 5.74) is 0.960. The molecule has 1 saturated heterocycles. The fourth-order valence-corrected chi connectivity index (χ4v) is 4.93. The van der Waals surface area contributed by atoms with Gasteiger partial charge in [0.25, 0.3) is 10.0 Å². The number of nitrogens with zero attached hydrogens (tertiary/aromatic N) is 3. The van der Waals surface area contributed by atoms with Crippen LogP contribution in [0.15, 0.2) is 34.2 Å². The molecular weight excluding hydrogens is 385 g/mol. The van der Waals surface area contributed by atoms with Crippen LogP contribution in [0, 0.1) is 5.82 Å². The Kier molecular flexibility index (Phi) is 6.14. The zero-order valence-corrected chi connectivity index (χ0v) is 16.8. The summed E-state index contributed by atoms with van der Waals surface area (Å²) in [5.74, 6) is -0.0924. The summed E-state index contributed by atoms with van der Waals surface area (Å²) >= 11 is 0. The number of amides is 1. The summed E-state index contributed by atoms with van der Waals surface area (Å²) in [5, 5.41) is 0. The van der Waals surface area contributed by atoms with E-state index >= 15 is 0 Å². The summed E-state index contributed by atoms with van der Waals surface area (Å²) < 4.78 is 47.7. The van der Waals surface area contributed by atoms with Gasteiger partial charge in [-0.3, -0.25) is 4.79 Å². The SMILES string of the molecule is CCOCC(=O)N1CCCN(C2=NS(=O)(=O)C(c3ccc(F)cc3)=C2C)CC1. The van der Waals surface area contributed by atoms with Crippen molar-refractivity contribution in [2.24, 2.45) is 4.40 Å². The Morgan fingerprint density at radius 1 is 1.18 bits per heavy atom. The number of halogens is 1. The summed E-state index contributed by atoms with van der Waals surface area (Å²) in [4.78, 5) is 15.9. The van der Waals surface area contributed by atoms with Crippen LogP contribution in [0.25, 0.3) is 4.91 Å². The molecule has 0 radical (unpaired) electrons. The van der Waals surface area contributed by atoms with Gasteiger partial charge in [-0.25, -0.2) is 4.39 Å². The van der Waals surface area contributed by atoms with Crippen LogP contribution in [0.1, 0.15) is 25.8 Å². The van der Waals surface area contributed by atoms with Gasteiger partial charge >= 0.3 is 0 Å². The Labute approximate surface area is 164 Å². The predicted molar refractivity (Wildman–Crippen MR) is 105 cm³/mol. The minimum absolute atomic E-state index is 0.0550. The van der Waals surface area contributed by atoms with Crippen molar-refractivity contribution in [3.05, 3.63) is 41.2 Å². The van der Waals surface area contributed by atoms with Gasteiger partial charge in [-0.05, 0) is 38.0 Å². The third-order valence-corrected chi connectivity index (χ3v) is 6.30. The molecule has 28 heavy (non-hydrogen) atoms. The van der Waals surface area contributed by atoms with E-state index < -0.39 is 15.8 Å². The highest BCUT2D eigenvalue weighted by Crippen LogP contribution is 2.33. The van der Waals surface area contributed by atoms with Crippen LogP contribution < -0.4 is 0 Å². The molecule has 0 unspecified atom stereocenters. The average Bonchev–Trinajstić information content (AvgIpc) is 2.83. The third kappa shape index (κ3) is 4.25. The van der Waals surface area contributed by atoms with Crippen molar-refractivity contribution in [2.75, 3.05) is 39.4 Å². The lowest BCUT2D eigenvalue weighted by Crippen LogP contribution is -2.38. The lowest BCUT2D eigenvalue weighted by molar-refractivity contribution is -0.135. The molecule has 3 rings (SSSR count). The van der Waals surface area contributed by atoms with Gasteiger partial charge in [-0.2, -0.15) is 8.42 Å². The van der Waals surface area contributed by atoms with Crippen molar-refractivity contribution in [2.45, 2.75) is 20.3 Å². The number of rotatable bonds is 4. The van der Waals surface area contributed by atoms with E-state index in [-0.39, 0.29) is 17.4 Å². The van der Waals surface area contributed by atoms with Gasteiger partial charge in [0.1, 0.15) is 23.2 Å². The zero-order chi connectivity index (χ0) is 20.3. The first-order chi connectivity index (χ1) is 13.3. The molecule has 0 aliphatic carbocycles. The van der Waals surface area contributed by atoms with Gasteiger partial charge in [0, 0.05) is 38.4 Å². The highest BCUT2D eigenvalue weighted by molar-refractivity contribution is 8.00. The van der Waals surface area contributed by atoms with E-state index in [2.05, 4.69) is 4.40 Å². The number of benzene rings is 1. The molecule has 0 spiro atoms. The smallest absolute Gasteiger partial charge is 0.285 e. The molecule has 0 atom stereocenters. The number of carbonyl (C=O) groups excluding carboxylic acids is 1. The first-order valence-electron chi connectivity index (χ1n) is 9.26. The molecule has 0 bridgehead atoms. The number of ether oxygens (including phenoxy) is 1. The molecule has 0 aromatic heterocycles. The summed E-state index contributed by atoms with van der Waals surface area (Å²) in [6.45, 7) is 6.24. The van der Waals surface area contributed by atoms with Crippen LogP contribution >= 0.6 is 0 Å². The van der Waals surface area contributed by atoms with Gasteiger partial charge in [0.15, 0.2) is 0 Å². The van der Waals surface area contributed by atoms with E-state index in [4.69, 9.17) is 4.74 Å². The number of carbonyl (C=O) groups is 1. The van der Waals surface area contributed by atoms with Crippen LogP contribution in [-0.4, -0.2) is 69.4 Å². The second-order valence-electron chi connectivity index (χ2n) is 6.71. The van der Waals surface area contributed by atoms with E-state index in [1.807, 2.05) is 11.8 Å². The summed E-state index contributed by atoms with van der Waals surface area (Å²) in [6, 6.07) is 5.36. The normalized spacial score (nSPS) is 19.6. The van der Waals surface area contributed by atoms with Crippen molar-refractivity contribution < 1.29 is 22.3 Å². The van der Waals surface area contributed by atoms with Crippen LogP contribution in [0.3, 0.4) is 0 Å². The molecule has 152 valence electrons. The molecule has 1 amide bonds. The van der Waals surface area contributed by atoms with Crippen LogP contribution in [0.4, 0.5) is 4.39 Å². The van der Waals surface area contributed by atoms with Gasteiger partial charge < -0.3 is 14.5 Å². The molecule has 1 aromatic rings. The average molecular weight is 409 g/mol. The van der Waals surface area contributed by atoms with Crippen molar-refractivity contribution in [3.8, 4) is 0 Å². The molecule has 2 aliphatic rings. The number of sulfonamides is 1. The van der Waals surface area contributed by atoms with Crippen LogP contribution in [-0.2, 0) is 19.6 Å². The Morgan fingerprint density at radius 3 is 2.57 bits per heavy atom.